The summed E-state index contributed by atoms with van der Waals surface area (Å²) in [6.07, 6.45) is 1.70. The third-order valence-corrected chi connectivity index (χ3v) is 3.51. The number of hydrazone groups is 1. The first-order chi connectivity index (χ1) is 11.2. The summed E-state index contributed by atoms with van der Waals surface area (Å²) in [5, 5.41) is 5.15. The highest BCUT2D eigenvalue weighted by atomic mass is 16.5. The van der Waals surface area contributed by atoms with Gasteiger partial charge in [-0.1, -0.05) is 11.6 Å². The number of hydrogen-bond acceptors (Lipinski definition) is 4. The molecule has 0 spiro atoms. The van der Waals surface area contributed by atoms with Crippen LogP contribution in [-0.2, 0) is 0 Å². The quantitative estimate of drug-likeness (QED) is 0.574. The van der Waals surface area contributed by atoms with E-state index in [1.807, 2.05) is 49.4 Å². The molecule has 1 aromatic heterocycles. The van der Waals surface area contributed by atoms with Crippen LogP contribution in [0, 0.1) is 6.92 Å². The molecular formula is C18H17N3O2. The predicted molar refractivity (Wildman–Crippen MR) is 93.5 cm³/mol. The molecule has 3 rings (SSSR count). The number of anilines is 1. The third-order valence-electron chi connectivity index (χ3n) is 3.51. The zero-order valence-corrected chi connectivity index (χ0v) is 13.0. The first-order valence-corrected chi connectivity index (χ1v) is 7.22. The number of nitrogens with one attached hydrogen (secondary N) is 2. The van der Waals surface area contributed by atoms with Crippen molar-refractivity contribution >= 4 is 22.8 Å². The molecule has 0 amide bonds. The van der Waals surface area contributed by atoms with Gasteiger partial charge < -0.3 is 9.72 Å². The summed E-state index contributed by atoms with van der Waals surface area (Å²) < 4.78 is 5.12. The topological polar surface area (TPSA) is 66.5 Å². The van der Waals surface area contributed by atoms with Gasteiger partial charge in [0.05, 0.1) is 24.5 Å². The Kier molecular flexibility index (Phi) is 4.10. The minimum Gasteiger partial charge on any atom is -0.497 e. The smallest absolute Gasteiger partial charge is 0.250 e. The number of fused-ring (bicyclic) bond motifs is 1. The largest absolute Gasteiger partial charge is 0.497 e. The van der Waals surface area contributed by atoms with E-state index in [4.69, 9.17) is 4.74 Å². The van der Waals surface area contributed by atoms with Crippen molar-refractivity contribution in [1.82, 2.24) is 4.98 Å². The number of ether oxygens (including phenoxy) is 1. The number of H-pyrrole nitrogens is 1. The highest BCUT2D eigenvalue weighted by molar-refractivity contribution is 5.92. The molecule has 3 aromatic rings. The normalized spacial score (nSPS) is 11.0. The van der Waals surface area contributed by atoms with Crippen LogP contribution in [0.3, 0.4) is 0 Å². The Labute approximate surface area is 133 Å². The van der Waals surface area contributed by atoms with Gasteiger partial charge in [-0.05, 0) is 48.9 Å². The molecule has 0 aliphatic carbocycles. The number of methoxy groups -OCH3 is 1. The number of aromatic nitrogens is 1. The Balaban J connectivity index is 1.87. The number of hydrogen-bond donors (Lipinski definition) is 2. The van der Waals surface area contributed by atoms with Gasteiger partial charge in [-0.25, -0.2) is 0 Å². The van der Waals surface area contributed by atoms with E-state index in [1.54, 1.807) is 13.3 Å². The van der Waals surface area contributed by atoms with Crippen LogP contribution < -0.4 is 15.7 Å². The van der Waals surface area contributed by atoms with Crippen molar-refractivity contribution in [2.24, 2.45) is 5.10 Å². The van der Waals surface area contributed by atoms with Gasteiger partial charge in [0.2, 0.25) is 0 Å². The average Bonchev–Trinajstić information content (AvgIpc) is 2.56. The second kappa shape index (κ2) is 6.36. The highest BCUT2D eigenvalue weighted by Crippen LogP contribution is 2.21. The Morgan fingerprint density at radius 1 is 1.13 bits per heavy atom. The van der Waals surface area contributed by atoms with Crippen LogP contribution in [0.1, 0.15) is 11.1 Å². The second-order valence-corrected chi connectivity index (χ2v) is 5.24. The first kappa shape index (κ1) is 14.8. The van der Waals surface area contributed by atoms with Gasteiger partial charge in [0.25, 0.3) is 5.56 Å². The Morgan fingerprint density at radius 2 is 1.91 bits per heavy atom. The van der Waals surface area contributed by atoms with E-state index >= 15 is 0 Å². The molecule has 5 heteroatoms. The van der Waals surface area contributed by atoms with Crippen molar-refractivity contribution in [2.75, 3.05) is 12.5 Å². The standard InChI is InChI=1S/C18H17N3O2/c1-12-3-8-16-15(9-12)17(10-18(22)20-16)21-19-11-13-4-6-14(23-2)7-5-13/h3-11H,1-2H3,(H2,20,21,22)/b19-11+. The number of nitrogens with zero attached hydrogens (tertiary/aromatic N) is 1. The molecule has 0 saturated carbocycles. The van der Waals surface area contributed by atoms with Crippen molar-refractivity contribution < 1.29 is 4.74 Å². The molecular weight excluding hydrogens is 290 g/mol. The lowest BCUT2D eigenvalue weighted by atomic mass is 10.1. The summed E-state index contributed by atoms with van der Waals surface area (Å²) in [6, 6.07) is 14.9. The summed E-state index contributed by atoms with van der Waals surface area (Å²) >= 11 is 0. The molecule has 116 valence electrons. The summed E-state index contributed by atoms with van der Waals surface area (Å²) in [4.78, 5) is 14.5. The maximum atomic E-state index is 11.7. The highest BCUT2D eigenvalue weighted by Gasteiger charge is 2.03. The van der Waals surface area contributed by atoms with E-state index in [9.17, 15) is 4.79 Å². The zero-order valence-electron chi connectivity index (χ0n) is 13.0. The lowest BCUT2D eigenvalue weighted by Crippen LogP contribution is -2.06. The van der Waals surface area contributed by atoms with Gasteiger partial charge in [-0.15, -0.1) is 0 Å². The summed E-state index contributed by atoms with van der Waals surface area (Å²) in [7, 11) is 1.63. The Morgan fingerprint density at radius 3 is 2.65 bits per heavy atom. The molecule has 23 heavy (non-hydrogen) atoms. The van der Waals surface area contributed by atoms with Gasteiger partial charge in [0.1, 0.15) is 5.75 Å². The van der Waals surface area contributed by atoms with Gasteiger partial charge in [0, 0.05) is 11.5 Å². The molecule has 0 radical (unpaired) electrons. The maximum Gasteiger partial charge on any atom is 0.250 e. The summed E-state index contributed by atoms with van der Waals surface area (Å²) in [6.45, 7) is 2.01. The molecule has 2 aromatic carbocycles. The van der Waals surface area contributed by atoms with E-state index in [0.717, 1.165) is 27.8 Å². The Hall–Kier alpha value is -3.08. The van der Waals surface area contributed by atoms with Crippen LogP contribution in [0.15, 0.2) is 58.4 Å². The van der Waals surface area contributed by atoms with E-state index in [-0.39, 0.29) is 5.56 Å². The predicted octanol–water partition coefficient (Wildman–Crippen LogP) is 3.29. The van der Waals surface area contributed by atoms with Crippen molar-refractivity contribution in [3.05, 3.63) is 70.0 Å². The molecule has 0 unspecified atom stereocenters. The van der Waals surface area contributed by atoms with Crippen LogP contribution in [0.2, 0.25) is 0 Å². The molecule has 0 atom stereocenters. The van der Waals surface area contributed by atoms with Crippen molar-refractivity contribution in [2.45, 2.75) is 6.92 Å². The van der Waals surface area contributed by atoms with E-state index in [2.05, 4.69) is 15.5 Å². The van der Waals surface area contributed by atoms with Crippen LogP contribution in [-0.4, -0.2) is 18.3 Å². The van der Waals surface area contributed by atoms with Crippen LogP contribution in [0.4, 0.5) is 5.69 Å². The third kappa shape index (κ3) is 3.40. The summed E-state index contributed by atoms with van der Waals surface area (Å²) in [5.41, 5.74) is 6.30. The minimum absolute atomic E-state index is 0.163. The number of aryl methyl sites for hydroxylation is 1. The van der Waals surface area contributed by atoms with E-state index < -0.39 is 0 Å². The van der Waals surface area contributed by atoms with Gasteiger partial charge in [-0.2, -0.15) is 5.10 Å². The molecule has 0 aliphatic heterocycles. The number of benzene rings is 2. The molecule has 5 nitrogen and oxygen atoms in total. The maximum absolute atomic E-state index is 11.7. The van der Waals surface area contributed by atoms with Crippen molar-refractivity contribution in [1.29, 1.82) is 0 Å². The average molecular weight is 307 g/mol. The Bertz CT molecular complexity index is 912. The zero-order chi connectivity index (χ0) is 16.2. The first-order valence-electron chi connectivity index (χ1n) is 7.22. The van der Waals surface area contributed by atoms with Crippen molar-refractivity contribution in [3.8, 4) is 5.75 Å². The SMILES string of the molecule is COc1ccc(/C=N/Nc2cc(=O)[nH]c3ccc(C)cc23)cc1. The number of aromatic amines is 1. The van der Waals surface area contributed by atoms with E-state index in [0.29, 0.717) is 5.69 Å². The van der Waals surface area contributed by atoms with Crippen LogP contribution in [0.25, 0.3) is 10.9 Å². The lowest BCUT2D eigenvalue weighted by Gasteiger charge is -2.06. The second-order valence-electron chi connectivity index (χ2n) is 5.24. The number of pyridine rings is 1. The van der Waals surface area contributed by atoms with Crippen LogP contribution in [0.5, 0.6) is 5.75 Å². The van der Waals surface area contributed by atoms with Gasteiger partial charge in [0.15, 0.2) is 0 Å². The molecule has 0 fully saturated rings. The fourth-order valence-corrected chi connectivity index (χ4v) is 2.33. The fraction of sp³-hybridized carbons (Fsp3) is 0.111. The summed E-state index contributed by atoms with van der Waals surface area (Å²) in [5.74, 6) is 0.797. The molecule has 0 aliphatic rings. The molecule has 0 bridgehead atoms. The minimum atomic E-state index is -0.163. The van der Waals surface area contributed by atoms with E-state index in [1.165, 1.54) is 6.07 Å². The molecule has 1 heterocycles. The number of rotatable bonds is 4. The van der Waals surface area contributed by atoms with Crippen molar-refractivity contribution in [3.63, 3.8) is 0 Å². The lowest BCUT2D eigenvalue weighted by molar-refractivity contribution is 0.415. The van der Waals surface area contributed by atoms with Gasteiger partial charge in [-0.3, -0.25) is 10.2 Å². The monoisotopic (exact) mass is 307 g/mol. The molecule has 0 saturated heterocycles. The van der Waals surface area contributed by atoms with Crippen LogP contribution >= 0.6 is 0 Å². The van der Waals surface area contributed by atoms with Gasteiger partial charge >= 0.3 is 0 Å². The fourth-order valence-electron chi connectivity index (χ4n) is 2.33. The molecule has 2 N–H and O–H groups in total.